The molecule has 6 nitrogen and oxygen atoms in total. The summed E-state index contributed by atoms with van der Waals surface area (Å²) in [5, 5.41) is 2.97. The van der Waals surface area contributed by atoms with Crippen molar-refractivity contribution < 1.29 is 27.5 Å². The molecule has 0 aromatic heterocycles. The third-order valence-corrected chi connectivity index (χ3v) is 5.08. The number of benzene rings is 2. The first-order valence-electron chi connectivity index (χ1n) is 9.92. The van der Waals surface area contributed by atoms with Gasteiger partial charge < -0.3 is 15.8 Å². The van der Waals surface area contributed by atoms with E-state index in [1.54, 1.807) is 30.3 Å². The Morgan fingerprint density at radius 2 is 1.81 bits per heavy atom. The van der Waals surface area contributed by atoms with Crippen molar-refractivity contribution in [1.29, 1.82) is 0 Å². The number of hydrogen-bond donors (Lipinski definition) is 2. The van der Waals surface area contributed by atoms with Crippen molar-refractivity contribution in [2.45, 2.75) is 31.6 Å². The van der Waals surface area contributed by atoms with Crippen LogP contribution in [-0.2, 0) is 17.5 Å². The van der Waals surface area contributed by atoms with Crippen LogP contribution in [-0.4, -0.2) is 42.5 Å². The van der Waals surface area contributed by atoms with Crippen LogP contribution in [0.4, 0.5) is 13.2 Å². The van der Waals surface area contributed by atoms with Gasteiger partial charge in [-0.25, -0.2) is 0 Å². The van der Waals surface area contributed by atoms with Gasteiger partial charge >= 0.3 is 6.18 Å². The van der Waals surface area contributed by atoms with Crippen LogP contribution in [0.15, 0.2) is 48.5 Å². The zero-order valence-electron chi connectivity index (χ0n) is 16.8. The van der Waals surface area contributed by atoms with Gasteiger partial charge in [0, 0.05) is 25.7 Å². The molecule has 1 aliphatic rings. The first kappa shape index (κ1) is 22.6. The molecule has 3 rings (SSSR count). The normalized spacial score (nSPS) is 15.5. The standard InChI is InChI=1S/C22H24F3N3O3/c23-22(24,25)16-5-3-4-15(12-16)13-28-10-8-17(9-11-28)27-21(30)18-6-1-2-7-19(18)31-14-20(26)29/h1-7,12,17H,8-11,13-14H2,(H2,26,29)(H,27,30). The average molecular weight is 435 g/mol. The lowest BCUT2D eigenvalue weighted by molar-refractivity contribution is -0.137. The molecular formula is C22H24F3N3O3. The summed E-state index contributed by atoms with van der Waals surface area (Å²) in [7, 11) is 0. The van der Waals surface area contributed by atoms with Crippen molar-refractivity contribution in [3.63, 3.8) is 0 Å². The fourth-order valence-electron chi connectivity index (χ4n) is 3.53. The monoisotopic (exact) mass is 435 g/mol. The van der Waals surface area contributed by atoms with Crippen LogP contribution < -0.4 is 15.8 Å². The van der Waals surface area contributed by atoms with E-state index in [-0.39, 0.29) is 24.3 Å². The van der Waals surface area contributed by atoms with Crippen LogP contribution in [0.1, 0.15) is 34.3 Å². The number of hydrogen-bond acceptors (Lipinski definition) is 4. The summed E-state index contributed by atoms with van der Waals surface area (Å²) in [6.45, 7) is 1.41. The molecule has 0 atom stereocenters. The lowest BCUT2D eigenvalue weighted by Gasteiger charge is -2.32. The van der Waals surface area contributed by atoms with Gasteiger partial charge in [0.15, 0.2) is 6.61 Å². The van der Waals surface area contributed by atoms with Crippen LogP contribution >= 0.6 is 0 Å². The Morgan fingerprint density at radius 1 is 1.10 bits per heavy atom. The molecule has 1 fully saturated rings. The summed E-state index contributed by atoms with van der Waals surface area (Å²) in [6.07, 6.45) is -3.01. The van der Waals surface area contributed by atoms with Gasteiger partial charge in [-0.2, -0.15) is 13.2 Å². The van der Waals surface area contributed by atoms with E-state index in [1.165, 1.54) is 12.1 Å². The topological polar surface area (TPSA) is 84.7 Å². The van der Waals surface area contributed by atoms with Crippen LogP contribution in [0.3, 0.4) is 0 Å². The van der Waals surface area contributed by atoms with Crippen molar-refractivity contribution in [2.75, 3.05) is 19.7 Å². The van der Waals surface area contributed by atoms with E-state index in [0.717, 1.165) is 6.07 Å². The highest BCUT2D eigenvalue weighted by Gasteiger charge is 2.30. The van der Waals surface area contributed by atoms with Crippen molar-refractivity contribution in [2.24, 2.45) is 5.73 Å². The predicted molar refractivity (Wildman–Crippen MR) is 108 cm³/mol. The summed E-state index contributed by atoms with van der Waals surface area (Å²) in [5.41, 5.74) is 5.36. The number of halogens is 3. The molecular weight excluding hydrogens is 411 g/mol. The number of nitrogens with two attached hydrogens (primary N) is 1. The highest BCUT2D eigenvalue weighted by molar-refractivity contribution is 5.97. The number of carbonyl (C=O) groups is 2. The van der Waals surface area contributed by atoms with E-state index in [1.807, 2.05) is 0 Å². The number of nitrogens with one attached hydrogen (secondary N) is 1. The maximum atomic E-state index is 12.9. The number of ether oxygens (including phenoxy) is 1. The summed E-state index contributed by atoms with van der Waals surface area (Å²) in [4.78, 5) is 25.7. The Hall–Kier alpha value is -3.07. The van der Waals surface area contributed by atoms with E-state index in [0.29, 0.717) is 43.6 Å². The molecule has 1 heterocycles. The number of carbonyl (C=O) groups excluding carboxylic acids is 2. The molecule has 166 valence electrons. The molecule has 9 heteroatoms. The molecule has 3 N–H and O–H groups in total. The number of primary amides is 1. The molecule has 1 saturated heterocycles. The van der Waals surface area contributed by atoms with Crippen molar-refractivity contribution in [1.82, 2.24) is 10.2 Å². The first-order chi connectivity index (χ1) is 14.7. The number of amides is 2. The third kappa shape index (κ3) is 6.45. The molecule has 2 amide bonds. The smallest absolute Gasteiger partial charge is 0.416 e. The van der Waals surface area contributed by atoms with Gasteiger partial charge in [0.05, 0.1) is 11.1 Å². The lowest BCUT2D eigenvalue weighted by Crippen LogP contribution is -2.44. The Balaban J connectivity index is 1.53. The molecule has 0 unspecified atom stereocenters. The van der Waals surface area contributed by atoms with Gasteiger partial charge in [0.2, 0.25) is 0 Å². The van der Waals surface area contributed by atoms with E-state index in [9.17, 15) is 22.8 Å². The zero-order chi connectivity index (χ0) is 22.4. The molecule has 0 bridgehead atoms. The number of nitrogens with zero attached hydrogens (tertiary/aromatic N) is 1. The molecule has 1 aliphatic heterocycles. The van der Waals surface area contributed by atoms with Crippen molar-refractivity contribution >= 4 is 11.8 Å². The molecule has 2 aromatic rings. The summed E-state index contributed by atoms with van der Waals surface area (Å²) in [6, 6.07) is 11.9. The van der Waals surface area contributed by atoms with Gasteiger partial charge in [-0.3, -0.25) is 14.5 Å². The predicted octanol–water partition coefficient (Wildman–Crippen LogP) is 2.96. The van der Waals surface area contributed by atoms with Gasteiger partial charge in [0.25, 0.3) is 11.8 Å². The van der Waals surface area contributed by atoms with Crippen molar-refractivity contribution in [3.8, 4) is 5.75 Å². The second-order valence-corrected chi connectivity index (χ2v) is 7.47. The maximum absolute atomic E-state index is 12.9. The number of piperidine rings is 1. The molecule has 0 spiro atoms. The highest BCUT2D eigenvalue weighted by atomic mass is 19.4. The quantitative estimate of drug-likeness (QED) is 0.701. The van der Waals surface area contributed by atoms with E-state index < -0.39 is 17.6 Å². The summed E-state index contributed by atoms with van der Waals surface area (Å²) >= 11 is 0. The molecule has 0 saturated carbocycles. The molecule has 31 heavy (non-hydrogen) atoms. The Bertz CT molecular complexity index is 925. The van der Waals surface area contributed by atoms with Crippen LogP contribution in [0.5, 0.6) is 5.75 Å². The zero-order valence-corrected chi connectivity index (χ0v) is 16.8. The van der Waals surface area contributed by atoms with E-state index in [2.05, 4.69) is 10.2 Å². The van der Waals surface area contributed by atoms with Crippen LogP contribution in [0.2, 0.25) is 0 Å². The fourth-order valence-corrected chi connectivity index (χ4v) is 3.53. The van der Waals surface area contributed by atoms with Crippen LogP contribution in [0, 0.1) is 0 Å². The Morgan fingerprint density at radius 3 is 2.48 bits per heavy atom. The van der Waals surface area contributed by atoms with Gasteiger partial charge in [-0.05, 0) is 36.6 Å². The first-order valence-corrected chi connectivity index (χ1v) is 9.92. The minimum Gasteiger partial charge on any atom is -0.483 e. The molecule has 2 aromatic carbocycles. The van der Waals surface area contributed by atoms with E-state index in [4.69, 9.17) is 10.5 Å². The van der Waals surface area contributed by atoms with Gasteiger partial charge in [-0.15, -0.1) is 0 Å². The van der Waals surface area contributed by atoms with E-state index >= 15 is 0 Å². The minimum absolute atomic E-state index is 0.0607. The lowest BCUT2D eigenvalue weighted by atomic mass is 10.0. The minimum atomic E-state index is -4.36. The number of rotatable bonds is 7. The molecule has 0 radical (unpaired) electrons. The largest absolute Gasteiger partial charge is 0.483 e. The third-order valence-electron chi connectivity index (χ3n) is 5.08. The second-order valence-electron chi connectivity index (χ2n) is 7.47. The average Bonchev–Trinajstić information content (AvgIpc) is 2.73. The number of para-hydroxylation sites is 1. The Labute approximate surface area is 178 Å². The fraction of sp³-hybridized carbons (Fsp3) is 0.364. The SMILES string of the molecule is NC(=O)COc1ccccc1C(=O)NC1CCN(Cc2cccc(C(F)(F)F)c2)CC1. The Kier molecular flexibility index (Phi) is 7.17. The van der Waals surface area contributed by atoms with Gasteiger partial charge in [0.1, 0.15) is 5.75 Å². The van der Waals surface area contributed by atoms with Gasteiger partial charge in [-0.1, -0.05) is 30.3 Å². The molecule has 0 aliphatic carbocycles. The summed E-state index contributed by atoms with van der Waals surface area (Å²) < 4.78 is 44.0. The summed E-state index contributed by atoms with van der Waals surface area (Å²) in [5.74, 6) is -0.666. The van der Waals surface area contributed by atoms with Crippen LogP contribution in [0.25, 0.3) is 0 Å². The maximum Gasteiger partial charge on any atom is 0.416 e. The number of likely N-dealkylation sites (tertiary alicyclic amines) is 1. The second kappa shape index (κ2) is 9.82. The van der Waals surface area contributed by atoms with Crippen molar-refractivity contribution in [3.05, 3.63) is 65.2 Å². The number of alkyl halides is 3. The highest BCUT2D eigenvalue weighted by Crippen LogP contribution is 2.30.